The Labute approximate surface area is 276 Å². The number of aryl methyl sites for hydroxylation is 1. The molecule has 4 atom stereocenters. The maximum atomic E-state index is 14.0. The molecule has 0 saturated carbocycles. The molecule has 1 aromatic heterocycles. The minimum Gasteiger partial charge on any atom is -0.497 e. The van der Waals surface area contributed by atoms with Gasteiger partial charge in [-0.15, -0.1) is 0 Å². The fourth-order valence-electron chi connectivity index (χ4n) is 6.10. The second-order valence-corrected chi connectivity index (χ2v) is 11.8. The maximum absolute atomic E-state index is 14.0. The number of hydrogen-bond donors (Lipinski definition) is 4. The number of urea groups is 1. The lowest BCUT2D eigenvalue weighted by Crippen LogP contribution is -2.48. The quantitative estimate of drug-likeness (QED) is 0.167. The molecule has 4 N–H and O–H groups in total. The van der Waals surface area contributed by atoms with Crippen LogP contribution in [0.5, 0.6) is 11.5 Å². The van der Waals surface area contributed by atoms with Gasteiger partial charge in [-0.25, -0.2) is 13.6 Å². The molecular formula is C33H32F4N4O8. The molecule has 3 aromatic rings. The molecule has 12 nitrogen and oxygen atoms in total. The SMILES string of the molecule is COc1ccc(CNC(=O)NC2CCc3ccn4c3C2C(=O)CC(C(=O)NC(CC(=O)O)C(=O)COc2c(F)c(F)cc(F)c2F)C4)cc1. The number of carbonyl (C=O) groups excluding carboxylic acids is 4. The van der Waals surface area contributed by atoms with Gasteiger partial charge in [0, 0.05) is 43.5 Å². The molecule has 2 heterocycles. The lowest BCUT2D eigenvalue weighted by Gasteiger charge is -2.32. The normalized spacial score (nSPS) is 18.8. The van der Waals surface area contributed by atoms with Gasteiger partial charge in [0.1, 0.15) is 24.2 Å². The van der Waals surface area contributed by atoms with Gasteiger partial charge in [0.25, 0.3) is 0 Å². The molecule has 5 rings (SSSR count). The number of benzene rings is 2. The van der Waals surface area contributed by atoms with Crippen LogP contribution in [0.4, 0.5) is 22.4 Å². The van der Waals surface area contributed by atoms with Gasteiger partial charge >= 0.3 is 12.0 Å². The summed E-state index contributed by atoms with van der Waals surface area (Å²) < 4.78 is 66.6. The van der Waals surface area contributed by atoms with Gasteiger partial charge in [0.05, 0.1) is 25.4 Å². The summed E-state index contributed by atoms with van der Waals surface area (Å²) >= 11 is 0. The largest absolute Gasteiger partial charge is 0.497 e. The lowest BCUT2D eigenvalue weighted by molar-refractivity contribution is -0.141. The number of halogens is 4. The Morgan fingerprint density at radius 3 is 2.39 bits per heavy atom. The van der Waals surface area contributed by atoms with Gasteiger partial charge in [0.15, 0.2) is 23.2 Å². The maximum Gasteiger partial charge on any atom is 0.315 e. The Hall–Kier alpha value is -5.41. The van der Waals surface area contributed by atoms with Crippen LogP contribution in [0.2, 0.25) is 0 Å². The predicted molar refractivity (Wildman–Crippen MR) is 162 cm³/mol. The molecule has 0 fully saturated rings. The van der Waals surface area contributed by atoms with Crippen molar-refractivity contribution in [2.45, 2.75) is 56.8 Å². The summed E-state index contributed by atoms with van der Waals surface area (Å²) in [6.45, 7) is -1.03. The third-order valence-electron chi connectivity index (χ3n) is 8.54. The molecule has 4 unspecified atom stereocenters. The molecule has 2 aromatic carbocycles. The standard InChI is InChI=1S/C33H32F4N4O8/c1-48-19-5-2-16(3-6-19)13-38-33(47)40-22-7-4-17-8-9-41-14-18(10-24(42)27(22)30(17)41)32(46)39-23(12-26(44)45)25(43)15-49-31-28(36)20(34)11-21(35)29(31)37/h2-3,5-6,8-9,11,18,22-23,27H,4,7,10,12-15H2,1H3,(H,39,46)(H,44,45)(H2,38,40,47). The number of methoxy groups -OCH3 is 1. The van der Waals surface area contributed by atoms with E-state index < -0.39 is 89.7 Å². The van der Waals surface area contributed by atoms with Gasteiger partial charge in [-0.1, -0.05) is 12.1 Å². The second kappa shape index (κ2) is 14.8. The molecule has 2 aliphatic rings. The average molecular weight is 689 g/mol. The molecular weight excluding hydrogens is 656 g/mol. The summed E-state index contributed by atoms with van der Waals surface area (Å²) in [6.07, 6.45) is 1.43. The van der Waals surface area contributed by atoms with E-state index in [4.69, 9.17) is 4.74 Å². The first-order chi connectivity index (χ1) is 23.4. The van der Waals surface area contributed by atoms with Gasteiger partial charge in [-0.3, -0.25) is 19.2 Å². The number of carbonyl (C=O) groups is 5. The Morgan fingerprint density at radius 1 is 1.04 bits per heavy atom. The monoisotopic (exact) mass is 688 g/mol. The van der Waals surface area contributed by atoms with E-state index in [0.29, 0.717) is 24.3 Å². The predicted octanol–water partition coefficient (Wildman–Crippen LogP) is 3.15. The van der Waals surface area contributed by atoms with Crippen molar-refractivity contribution in [1.82, 2.24) is 20.5 Å². The van der Waals surface area contributed by atoms with Gasteiger partial charge in [0.2, 0.25) is 17.5 Å². The number of carboxylic acids is 1. The van der Waals surface area contributed by atoms with Crippen LogP contribution in [-0.4, -0.2) is 64.9 Å². The van der Waals surface area contributed by atoms with Crippen molar-refractivity contribution < 1.29 is 56.1 Å². The van der Waals surface area contributed by atoms with Crippen LogP contribution in [-0.2, 0) is 38.7 Å². The summed E-state index contributed by atoms with van der Waals surface area (Å²) in [6, 6.07) is 6.01. The summed E-state index contributed by atoms with van der Waals surface area (Å²) in [5.74, 6) is -14.0. The highest BCUT2D eigenvalue weighted by molar-refractivity contribution is 5.96. The van der Waals surface area contributed by atoms with E-state index in [-0.39, 0.29) is 31.4 Å². The van der Waals surface area contributed by atoms with Crippen molar-refractivity contribution in [3.63, 3.8) is 0 Å². The molecule has 0 spiro atoms. The minimum absolute atomic E-state index is 0.0106. The van der Waals surface area contributed by atoms with Crippen molar-refractivity contribution in [3.05, 3.63) is 82.7 Å². The fraction of sp³-hybridized carbons (Fsp3) is 0.364. The van der Waals surface area contributed by atoms with Gasteiger partial charge in [-0.05, 0) is 42.2 Å². The van der Waals surface area contributed by atoms with Crippen LogP contribution in [0, 0.1) is 29.2 Å². The summed E-state index contributed by atoms with van der Waals surface area (Å²) in [5.41, 5.74) is 2.34. The Kier molecular flexibility index (Phi) is 10.5. The summed E-state index contributed by atoms with van der Waals surface area (Å²) in [4.78, 5) is 64.4. The van der Waals surface area contributed by atoms with Gasteiger partial charge in [-0.2, -0.15) is 8.78 Å². The highest BCUT2D eigenvalue weighted by Gasteiger charge is 2.42. The third kappa shape index (κ3) is 7.84. The van der Waals surface area contributed by atoms with Crippen molar-refractivity contribution in [2.75, 3.05) is 13.7 Å². The number of aromatic nitrogens is 1. The zero-order chi connectivity index (χ0) is 35.4. The minimum atomic E-state index is -1.90. The van der Waals surface area contributed by atoms with Crippen molar-refractivity contribution in [3.8, 4) is 11.5 Å². The molecule has 1 aliphatic carbocycles. The van der Waals surface area contributed by atoms with Crippen LogP contribution in [0.3, 0.4) is 0 Å². The van der Waals surface area contributed by atoms with Crippen LogP contribution in [0.1, 0.15) is 42.0 Å². The van der Waals surface area contributed by atoms with Crippen molar-refractivity contribution in [2.24, 2.45) is 5.92 Å². The van der Waals surface area contributed by atoms with E-state index in [1.165, 1.54) is 0 Å². The van der Waals surface area contributed by atoms with Crippen LogP contribution < -0.4 is 25.4 Å². The molecule has 0 bridgehead atoms. The number of amides is 3. The topological polar surface area (TPSA) is 165 Å². The molecule has 1 aliphatic heterocycles. The smallest absolute Gasteiger partial charge is 0.315 e. The van der Waals surface area contributed by atoms with Crippen LogP contribution in [0.25, 0.3) is 0 Å². The number of nitrogens with zero attached hydrogens (tertiary/aromatic N) is 1. The number of ketones is 2. The molecule has 260 valence electrons. The van der Waals surface area contributed by atoms with Crippen LogP contribution in [0.15, 0.2) is 42.6 Å². The zero-order valence-corrected chi connectivity index (χ0v) is 26.1. The van der Waals surface area contributed by atoms with E-state index in [9.17, 15) is 46.6 Å². The average Bonchev–Trinajstić information content (AvgIpc) is 3.40. The Morgan fingerprint density at radius 2 is 1.73 bits per heavy atom. The number of carboxylic acid groups (broad SMARTS) is 1. The fourth-order valence-corrected chi connectivity index (χ4v) is 6.10. The van der Waals surface area contributed by atoms with Crippen molar-refractivity contribution >= 4 is 29.5 Å². The van der Waals surface area contributed by atoms with E-state index in [2.05, 4.69) is 20.7 Å². The molecule has 0 saturated heterocycles. The van der Waals surface area contributed by atoms with E-state index >= 15 is 0 Å². The summed E-state index contributed by atoms with van der Waals surface area (Å²) in [7, 11) is 1.54. The molecule has 16 heteroatoms. The Bertz CT molecular complexity index is 1750. The van der Waals surface area contributed by atoms with Gasteiger partial charge < -0.3 is 35.1 Å². The zero-order valence-electron chi connectivity index (χ0n) is 26.1. The first kappa shape index (κ1) is 34.9. The van der Waals surface area contributed by atoms with Crippen molar-refractivity contribution in [1.29, 1.82) is 0 Å². The van der Waals surface area contributed by atoms with E-state index in [1.54, 1.807) is 42.1 Å². The number of hydrogen-bond acceptors (Lipinski definition) is 7. The second-order valence-electron chi connectivity index (χ2n) is 11.8. The first-order valence-corrected chi connectivity index (χ1v) is 15.2. The molecule has 0 radical (unpaired) electrons. The molecule has 49 heavy (non-hydrogen) atoms. The number of aliphatic carboxylic acids is 1. The highest BCUT2D eigenvalue weighted by atomic mass is 19.2. The first-order valence-electron chi connectivity index (χ1n) is 15.2. The van der Waals surface area contributed by atoms with E-state index in [1.807, 2.05) is 6.07 Å². The lowest BCUT2D eigenvalue weighted by atomic mass is 9.79. The highest BCUT2D eigenvalue weighted by Crippen LogP contribution is 2.38. The summed E-state index contributed by atoms with van der Waals surface area (Å²) in [5, 5.41) is 17.3. The number of Topliss-reactive ketones (excluding diaryl/α,β-unsaturated/α-hetero) is 2. The number of ether oxygens (including phenoxy) is 2. The van der Waals surface area contributed by atoms with E-state index in [0.717, 1.165) is 11.1 Å². The third-order valence-corrected chi connectivity index (χ3v) is 8.54. The number of rotatable bonds is 12. The Balaban J connectivity index is 1.26. The van der Waals surface area contributed by atoms with Crippen LogP contribution >= 0.6 is 0 Å². The molecule has 3 amide bonds. The number of nitrogens with one attached hydrogen (secondary N) is 3.